The number of hydrogen-bond donors (Lipinski definition) is 1. The van der Waals surface area contributed by atoms with Gasteiger partial charge in [0.15, 0.2) is 0 Å². The van der Waals surface area contributed by atoms with Crippen molar-refractivity contribution < 1.29 is 18.3 Å². The molecule has 1 N–H and O–H groups in total. The van der Waals surface area contributed by atoms with Gasteiger partial charge in [0.1, 0.15) is 12.4 Å². The summed E-state index contributed by atoms with van der Waals surface area (Å²) in [5.41, 5.74) is -0.228. The maximum absolute atomic E-state index is 12.6. The van der Waals surface area contributed by atoms with Crippen LogP contribution in [0, 0.1) is 0 Å². The molecule has 0 spiro atoms. The molecule has 0 aliphatic carbocycles. The summed E-state index contributed by atoms with van der Waals surface area (Å²) >= 11 is 0. The van der Waals surface area contributed by atoms with E-state index in [1.165, 1.54) is 12.4 Å². The van der Waals surface area contributed by atoms with Crippen molar-refractivity contribution in [2.45, 2.75) is 38.7 Å². The van der Waals surface area contributed by atoms with Crippen LogP contribution >= 0.6 is 0 Å². The summed E-state index contributed by atoms with van der Waals surface area (Å²) in [7, 11) is 0. The molecule has 19 heavy (non-hydrogen) atoms. The largest absolute Gasteiger partial charge is 0.371 e. The first-order valence-corrected chi connectivity index (χ1v) is 6.24. The van der Waals surface area contributed by atoms with Crippen LogP contribution in [0.1, 0.15) is 26.2 Å². The number of halogens is 2. The lowest BCUT2D eigenvalue weighted by Crippen LogP contribution is -2.51. The van der Waals surface area contributed by atoms with Crippen molar-refractivity contribution in [2.24, 2.45) is 0 Å². The van der Waals surface area contributed by atoms with Crippen molar-refractivity contribution in [2.75, 3.05) is 19.7 Å². The Kier molecular flexibility index (Phi) is 4.49. The van der Waals surface area contributed by atoms with E-state index in [0.717, 1.165) is 11.1 Å². The van der Waals surface area contributed by atoms with E-state index in [1.54, 1.807) is 0 Å². The van der Waals surface area contributed by atoms with Crippen LogP contribution in [0.25, 0.3) is 0 Å². The third kappa shape index (κ3) is 3.95. The highest BCUT2D eigenvalue weighted by Gasteiger charge is 2.28. The van der Waals surface area contributed by atoms with Gasteiger partial charge < -0.3 is 14.8 Å². The van der Waals surface area contributed by atoms with Crippen LogP contribution in [0.2, 0.25) is 0 Å². The highest BCUT2D eigenvalue weighted by molar-refractivity contribution is 4.91. The SMILES string of the molecule is CC1(C)CNCC(COCc2nccn2C(F)F)O1. The Morgan fingerprint density at radius 2 is 2.42 bits per heavy atom. The Bertz CT molecular complexity index is 409. The molecule has 2 rings (SSSR count). The van der Waals surface area contributed by atoms with Crippen molar-refractivity contribution in [3.63, 3.8) is 0 Å². The third-order valence-corrected chi connectivity index (χ3v) is 2.90. The molecule has 1 aromatic rings. The predicted molar refractivity (Wildman–Crippen MR) is 65.0 cm³/mol. The Morgan fingerprint density at radius 1 is 1.63 bits per heavy atom. The first kappa shape index (κ1) is 14.4. The van der Waals surface area contributed by atoms with Gasteiger partial charge in [-0.25, -0.2) is 4.98 Å². The monoisotopic (exact) mass is 275 g/mol. The van der Waals surface area contributed by atoms with Crippen LogP contribution < -0.4 is 5.32 Å². The molecule has 1 fully saturated rings. The molecule has 0 radical (unpaired) electrons. The number of alkyl halides is 2. The van der Waals surface area contributed by atoms with Crippen LogP contribution in [-0.4, -0.2) is 41.0 Å². The number of aromatic nitrogens is 2. The van der Waals surface area contributed by atoms with E-state index in [2.05, 4.69) is 10.3 Å². The number of morpholine rings is 1. The molecular formula is C12H19F2N3O2. The van der Waals surface area contributed by atoms with Gasteiger partial charge in [-0.1, -0.05) is 0 Å². The molecule has 1 saturated heterocycles. The molecule has 108 valence electrons. The molecule has 1 aliphatic heterocycles. The molecular weight excluding hydrogens is 256 g/mol. The lowest BCUT2D eigenvalue weighted by Gasteiger charge is -2.36. The van der Waals surface area contributed by atoms with Crippen molar-refractivity contribution in [3.8, 4) is 0 Å². The highest BCUT2D eigenvalue weighted by atomic mass is 19.3. The van der Waals surface area contributed by atoms with E-state index in [9.17, 15) is 8.78 Å². The van der Waals surface area contributed by atoms with Gasteiger partial charge in [0.25, 0.3) is 0 Å². The zero-order valence-electron chi connectivity index (χ0n) is 11.1. The van der Waals surface area contributed by atoms with Gasteiger partial charge in [-0.15, -0.1) is 0 Å². The number of rotatable bonds is 5. The summed E-state index contributed by atoms with van der Waals surface area (Å²) < 4.78 is 37.2. The standard InChI is InChI=1S/C12H19F2N3O2/c1-12(2)8-15-5-9(19-12)6-18-7-10-16-3-4-17(10)11(13)14/h3-4,9,11,15H,5-8H2,1-2H3. The lowest BCUT2D eigenvalue weighted by atomic mass is 10.1. The minimum Gasteiger partial charge on any atom is -0.371 e. The van der Waals surface area contributed by atoms with Gasteiger partial charge >= 0.3 is 6.55 Å². The van der Waals surface area contributed by atoms with Crippen molar-refractivity contribution in [1.82, 2.24) is 14.9 Å². The number of imidazole rings is 1. The molecule has 7 heteroatoms. The maximum Gasteiger partial charge on any atom is 0.320 e. The Labute approximate surface area is 110 Å². The smallest absolute Gasteiger partial charge is 0.320 e. The van der Waals surface area contributed by atoms with E-state index in [0.29, 0.717) is 13.2 Å². The Hall–Kier alpha value is -1.05. The molecule has 1 atom stereocenters. The van der Waals surface area contributed by atoms with Crippen LogP contribution in [0.15, 0.2) is 12.4 Å². The maximum atomic E-state index is 12.6. The summed E-state index contributed by atoms with van der Waals surface area (Å²) in [4.78, 5) is 3.85. The normalized spacial score (nSPS) is 22.9. The lowest BCUT2D eigenvalue weighted by molar-refractivity contribution is -0.122. The average Bonchev–Trinajstić information content (AvgIpc) is 2.76. The molecule has 0 aromatic carbocycles. The second-order valence-corrected chi connectivity index (χ2v) is 5.17. The van der Waals surface area contributed by atoms with E-state index < -0.39 is 6.55 Å². The fourth-order valence-electron chi connectivity index (χ4n) is 2.08. The van der Waals surface area contributed by atoms with Gasteiger partial charge in [-0.3, -0.25) is 4.57 Å². The molecule has 0 amide bonds. The zero-order chi connectivity index (χ0) is 13.9. The third-order valence-electron chi connectivity index (χ3n) is 2.90. The van der Waals surface area contributed by atoms with Gasteiger partial charge in [-0.2, -0.15) is 8.78 Å². The van der Waals surface area contributed by atoms with Crippen LogP contribution in [0.4, 0.5) is 8.78 Å². The summed E-state index contributed by atoms with van der Waals surface area (Å²) in [6.45, 7) is 3.30. The molecule has 2 heterocycles. The van der Waals surface area contributed by atoms with Crippen LogP contribution in [0.5, 0.6) is 0 Å². The van der Waals surface area contributed by atoms with Crippen molar-refractivity contribution in [3.05, 3.63) is 18.2 Å². The molecule has 0 bridgehead atoms. The quantitative estimate of drug-likeness (QED) is 0.886. The molecule has 0 saturated carbocycles. The van der Waals surface area contributed by atoms with Crippen molar-refractivity contribution in [1.29, 1.82) is 0 Å². The molecule has 1 aromatic heterocycles. The van der Waals surface area contributed by atoms with Gasteiger partial charge in [-0.05, 0) is 13.8 Å². The average molecular weight is 275 g/mol. The first-order valence-electron chi connectivity index (χ1n) is 6.24. The Balaban J connectivity index is 1.79. The molecule has 5 nitrogen and oxygen atoms in total. The summed E-state index contributed by atoms with van der Waals surface area (Å²) in [6.07, 6.45) is 2.51. The first-order chi connectivity index (χ1) is 8.98. The second kappa shape index (κ2) is 5.94. The number of nitrogens with zero attached hydrogens (tertiary/aromatic N) is 2. The molecule has 1 unspecified atom stereocenters. The Morgan fingerprint density at radius 3 is 3.11 bits per heavy atom. The number of nitrogens with one attached hydrogen (secondary N) is 1. The fraction of sp³-hybridized carbons (Fsp3) is 0.750. The van der Waals surface area contributed by atoms with E-state index >= 15 is 0 Å². The second-order valence-electron chi connectivity index (χ2n) is 5.17. The fourth-order valence-corrected chi connectivity index (χ4v) is 2.08. The van der Waals surface area contributed by atoms with Gasteiger partial charge in [0, 0.05) is 25.5 Å². The minimum absolute atomic E-state index is 0.0532. The zero-order valence-corrected chi connectivity index (χ0v) is 11.1. The number of hydrogen-bond acceptors (Lipinski definition) is 4. The molecule has 1 aliphatic rings. The van der Waals surface area contributed by atoms with Crippen molar-refractivity contribution >= 4 is 0 Å². The topological polar surface area (TPSA) is 48.3 Å². The predicted octanol–water partition coefficient (Wildman–Crippen LogP) is 1.56. The van der Waals surface area contributed by atoms with E-state index in [4.69, 9.17) is 9.47 Å². The summed E-state index contributed by atoms with van der Waals surface area (Å²) in [5.74, 6) is 0.220. The van der Waals surface area contributed by atoms with E-state index in [-0.39, 0.29) is 24.1 Å². The van der Waals surface area contributed by atoms with Crippen LogP contribution in [0.3, 0.4) is 0 Å². The van der Waals surface area contributed by atoms with E-state index in [1.807, 2.05) is 13.8 Å². The highest BCUT2D eigenvalue weighted by Crippen LogP contribution is 2.16. The van der Waals surface area contributed by atoms with Gasteiger partial charge in [0.05, 0.1) is 18.3 Å². The van der Waals surface area contributed by atoms with Gasteiger partial charge in [0.2, 0.25) is 0 Å². The summed E-state index contributed by atoms with van der Waals surface area (Å²) in [5, 5.41) is 3.25. The minimum atomic E-state index is -2.59. The number of ether oxygens (including phenoxy) is 2. The van der Waals surface area contributed by atoms with Crippen LogP contribution in [-0.2, 0) is 16.1 Å². The summed E-state index contributed by atoms with van der Waals surface area (Å²) in [6, 6.07) is 0.